The van der Waals surface area contributed by atoms with Crippen LogP contribution in [0, 0.1) is 5.41 Å². The van der Waals surface area contributed by atoms with Gasteiger partial charge in [-0.1, -0.05) is 0 Å². The molecular formula is C9H15AsO2. The fourth-order valence-electron chi connectivity index (χ4n) is 2.64. The Hall–Kier alpha value is 0.0284. The maximum atomic E-state index is 11.5. The third-order valence-corrected chi connectivity index (χ3v) is 5.76. The number of carbonyl (C=O) groups excluding carboxylic acids is 1. The zero-order chi connectivity index (χ0) is 8.82. The van der Waals surface area contributed by atoms with Crippen molar-refractivity contribution in [2.24, 2.45) is 5.41 Å². The first-order valence-corrected chi connectivity index (χ1v) is 5.73. The van der Waals surface area contributed by atoms with Crippen molar-refractivity contribution in [3.8, 4) is 0 Å². The van der Waals surface area contributed by atoms with Crippen LogP contribution in [0.25, 0.3) is 0 Å². The molecule has 2 unspecified atom stereocenters. The minimum atomic E-state index is -0.0642. The fourth-order valence-corrected chi connectivity index (χ4v) is 4.31. The van der Waals surface area contributed by atoms with Gasteiger partial charge in [-0.25, -0.2) is 0 Å². The molecule has 2 aliphatic rings. The molecule has 0 aliphatic heterocycles. The number of hydrogen-bond acceptors (Lipinski definition) is 2. The summed E-state index contributed by atoms with van der Waals surface area (Å²) in [5, 5.41) is 0. The molecule has 2 fully saturated rings. The quantitative estimate of drug-likeness (QED) is 0.494. The minimum absolute atomic E-state index is 0.0319. The van der Waals surface area contributed by atoms with Crippen LogP contribution in [-0.4, -0.2) is 29.9 Å². The topological polar surface area (TPSA) is 26.3 Å². The molecule has 2 nitrogen and oxygen atoms in total. The van der Waals surface area contributed by atoms with E-state index in [0.717, 1.165) is 6.42 Å². The van der Waals surface area contributed by atoms with Crippen LogP contribution in [0.4, 0.5) is 0 Å². The molecule has 0 bridgehead atoms. The van der Waals surface area contributed by atoms with E-state index < -0.39 is 0 Å². The van der Waals surface area contributed by atoms with Gasteiger partial charge in [0, 0.05) is 0 Å². The Labute approximate surface area is 81.5 Å². The molecule has 0 radical (unpaired) electrons. The average Bonchev–Trinajstić information content (AvgIpc) is 2.50. The number of carbonyl (C=O) groups is 1. The van der Waals surface area contributed by atoms with Crippen LogP contribution in [0.5, 0.6) is 0 Å². The first kappa shape index (κ1) is 8.62. The molecule has 0 saturated heterocycles. The second-order valence-electron chi connectivity index (χ2n) is 4.13. The van der Waals surface area contributed by atoms with Crippen LogP contribution in [0.1, 0.15) is 32.1 Å². The summed E-state index contributed by atoms with van der Waals surface area (Å²) in [6.45, 7) is 0. The van der Waals surface area contributed by atoms with Gasteiger partial charge in [-0.15, -0.1) is 0 Å². The van der Waals surface area contributed by atoms with E-state index in [1.54, 1.807) is 16.9 Å². The monoisotopic (exact) mass is 230 g/mol. The van der Waals surface area contributed by atoms with E-state index in [0.29, 0.717) is 5.41 Å². The molecule has 0 aromatic carbocycles. The molecule has 2 rings (SSSR count). The molecule has 0 amide bonds. The normalized spacial score (nSPS) is 36.8. The van der Waals surface area contributed by atoms with Crippen molar-refractivity contribution in [3.63, 3.8) is 0 Å². The summed E-state index contributed by atoms with van der Waals surface area (Å²) < 4.78 is 4.78. The third-order valence-electron chi connectivity index (χ3n) is 3.55. The standard InChI is InChI=1S/C9H15AsO2/c1-12-7(11)9(10)6-8(9)4-2-3-5-8/h2-6,10H2,1H3. The summed E-state index contributed by atoms with van der Waals surface area (Å²) in [5.41, 5.74) is 0.375. The molecule has 2 saturated carbocycles. The van der Waals surface area contributed by atoms with Gasteiger partial charge in [-0.05, 0) is 0 Å². The Balaban J connectivity index is 2.12. The average molecular weight is 230 g/mol. The molecule has 0 aromatic heterocycles. The first-order chi connectivity index (χ1) is 5.65. The third kappa shape index (κ3) is 0.907. The van der Waals surface area contributed by atoms with Crippen molar-refractivity contribution in [3.05, 3.63) is 0 Å². The van der Waals surface area contributed by atoms with E-state index in [1.165, 1.54) is 32.8 Å². The molecular weight excluding hydrogens is 215 g/mol. The van der Waals surface area contributed by atoms with Crippen LogP contribution in [-0.2, 0) is 9.53 Å². The van der Waals surface area contributed by atoms with Crippen molar-refractivity contribution in [2.45, 2.75) is 36.3 Å². The van der Waals surface area contributed by atoms with Crippen molar-refractivity contribution in [2.75, 3.05) is 7.11 Å². The van der Waals surface area contributed by atoms with E-state index in [4.69, 9.17) is 4.74 Å². The van der Waals surface area contributed by atoms with Gasteiger partial charge in [-0.2, -0.15) is 0 Å². The zero-order valence-corrected chi connectivity index (χ0v) is 9.85. The molecule has 0 aromatic rings. The molecule has 2 atom stereocenters. The fraction of sp³-hybridized carbons (Fsp3) is 0.889. The maximum absolute atomic E-state index is 11.5. The second kappa shape index (κ2) is 2.51. The number of rotatable bonds is 1. The Morgan fingerprint density at radius 1 is 1.42 bits per heavy atom. The molecule has 1 spiro atoms. The summed E-state index contributed by atoms with van der Waals surface area (Å²) in [6, 6.07) is 0. The summed E-state index contributed by atoms with van der Waals surface area (Å²) in [5.74, 6) is 0.0319. The molecule has 3 heteroatoms. The predicted octanol–water partition coefficient (Wildman–Crippen LogP) is 0.915. The number of hydrogen-bond donors (Lipinski definition) is 0. The van der Waals surface area contributed by atoms with Crippen LogP contribution in [0.2, 0.25) is 4.20 Å². The van der Waals surface area contributed by atoms with Crippen LogP contribution >= 0.6 is 0 Å². The van der Waals surface area contributed by atoms with Gasteiger partial charge in [0.15, 0.2) is 0 Å². The van der Waals surface area contributed by atoms with Gasteiger partial charge >= 0.3 is 81.2 Å². The second-order valence-corrected chi connectivity index (χ2v) is 6.20. The molecule has 68 valence electrons. The molecule has 12 heavy (non-hydrogen) atoms. The Morgan fingerprint density at radius 2 is 2.00 bits per heavy atom. The summed E-state index contributed by atoms with van der Waals surface area (Å²) in [4.78, 5) is 11.5. The van der Waals surface area contributed by atoms with Crippen molar-refractivity contribution >= 4 is 22.8 Å². The first-order valence-electron chi connectivity index (χ1n) is 4.52. The van der Waals surface area contributed by atoms with E-state index >= 15 is 0 Å². The SMILES string of the molecule is COC(=O)C1([AsH2])CC12CCCC2. The van der Waals surface area contributed by atoms with Crippen LogP contribution < -0.4 is 0 Å². The Bertz CT molecular complexity index is 221. The van der Waals surface area contributed by atoms with Gasteiger partial charge < -0.3 is 0 Å². The van der Waals surface area contributed by atoms with Crippen molar-refractivity contribution < 1.29 is 9.53 Å². The van der Waals surface area contributed by atoms with E-state index in [9.17, 15) is 4.79 Å². The van der Waals surface area contributed by atoms with Gasteiger partial charge in [0.05, 0.1) is 0 Å². The molecule has 2 aliphatic carbocycles. The van der Waals surface area contributed by atoms with Crippen LogP contribution in [0.15, 0.2) is 0 Å². The summed E-state index contributed by atoms with van der Waals surface area (Å²) >= 11 is 1.57. The Kier molecular flexibility index (Phi) is 1.80. The summed E-state index contributed by atoms with van der Waals surface area (Å²) in [7, 11) is 1.50. The van der Waals surface area contributed by atoms with E-state index in [-0.39, 0.29) is 10.2 Å². The Morgan fingerprint density at radius 3 is 2.50 bits per heavy atom. The van der Waals surface area contributed by atoms with Gasteiger partial charge in [0.25, 0.3) is 0 Å². The predicted molar refractivity (Wildman–Crippen MR) is 48.8 cm³/mol. The van der Waals surface area contributed by atoms with Gasteiger partial charge in [-0.3, -0.25) is 0 Å². The van der Waals surface area contributed by atoms with Gasteiger partial charge in [0.1, 0.15) is 0 Å². The molecule has 0 heterocycles. The number of ether oxygens (including phenoxy) is 1. The summed E-state index contributed by atoms with van der Waals surface area (Å²) in [6.07, 6.45) is 6.21. The van der Waals surface area contributed by atoms with E-state index in [2.05, 4.69) is 0 Å². The molecule has 0 N–H and O–H groups in total. The number of methoxy groups -OCH3 is 1. The zero-order valence-electron chi connectivity index (χ0n) is 7.43. The van der Waals surface area contributed by atoms with Gasteiger partial charge in [0.2, 0.25) is 0 Å². The van der Waals surface area contributed by atoms with Crippen molar-refractivity contribution in [1.29, 1.82) is 0 Å². The van der Waals surface area contributed by atoms with Crippen LogP contribution in [0.3, 0.4) is 0 Å². The van der Waals surface area contributed by atoms with Crippen molar-refractivity contribution in [1.82, 2.24) is 0 Å². The number of esters is 1. The van der Waals surface area contributed by atoms with E-state index in [1.807, 2.05) is 0 Å².